The number of rotatable bonds is 1. The Morgan fingerprint density at radius 1 is 0.958 bits per heavy atom. The zero-order valence-corrected chi connectivity index (χ0v) is 12.6. The number of aromatic hydroxyl groups is 1. The molecule has 2 atom stereocenters. The number of halogens is 2. The quantitative estimate of drug-likeness (QED) is 0.721. The van der Waals surface area contributed by atoms with Gasteiger partial charge in [-0.3, -0.25) is 0 Å². The Kier molecular flexibility index (Phi) is 3.36. The molecule has 4 heteroatoms. The van der Waals surface area contributed by atoms with Gasteiger partial charge in [0.25, 0.3) is 0 Å². The molecule has 0 saturated carbocycles. The maximum atomic E-state index is 14.3. The number of phenolic OH excluding ortho intramolecular Hbond substituents is 1. The van der Waals surface area contributed by atoms with Crippen molar-refractivity contribution in [3.63, 3.8) is 0 Å². The van der Waals surface area contributed by atoms with Crippen molar-refractivity contribution in [3.05, 3.63) is 76.4 Å². The van der Waals surface area contributed by atoms with Gasteiger partial charge in [0.1, 0.15) is 12.3 Å². The number of hydrogen-bond acceptors (Lipinski definition) is 2. The van der Waals surface area contributed by atoms with E-state index in [4.69, 9.17) is 0 Å². The second-order valence-corrected chi connectivity index (χ2v) is 5.86. The SMILES string of the molecule is Oc1c(F)cc2ccccc2c1C1=c2ccccc2=CC(F)C1O. The van der Waals surface area contributed by atoms with Gasteiger partial charge in [-0.05, 0) is 33.4 Å². The highest BCUT2D eigenvalue weighted by Gasteiger charge is 2.29. The number of fused-ring (bicyclic) bond motifs is 2. The Balaban J connectivity index is 2.23. The van der Waals surface area contributed by atoms with E-state index in [9.17, 15) is 19.0 Å². The minimum absolute atomic E-state index is 0.140. The fourth-order valence-electron chi connectivity index (χ4n) is 3.33. The Morgan fingerprint density at radius 3 is 2.50 bits per heavy atom. The van der Waals surface area contributed by atoms with Gasteiger partial charge in [-0.15, -0.1) is 0 Å². The third-order valence-electron chi connectivity index (χ3n) is 4.43. The molecule has 0 bridgehead atoms. The third kappa shape index (κ3) is 2.11. The van der Waals surface area contributed by atoms with E-state index in [1.807, 2.05) is 0 Å². The van der Waals surface area contributed by atoms with Crippen molar-refractivity contribution in [3.8, 4) is 5.75 Å². The van der Waals surface area contributed by atoms with Crippen LogP contribution in [0.25, 0.3) is 22.4 Å². The molecule has 24 heavy (non-hydrogen) atoms. The minimum Gasteiger partial charge on any atom is -0.504 e. The lowest BCUT2D eigenvalue weighted by molar-refractivity contribution is 0.158. The fraction of sp³-hybridized carbons (Fsp3) is 0.100. The summed E-state index contributed by atoms with van der Waals surface area (Å²) in [6, 6.07) is 15.2. The first-order valence-electron chi connectivity index (χ1n) is 7.62. The predicted octanol–water partition coefficient (Wildman–Crippen LogP) is 2.38. The molecule has 0 heterocycles. The fourth-order valence-corrected chi connectivity index (χ4v) is 3.33. The van der Waals surface area contributed by atoms with Crippen molar-refractivity contribution in [2.45, 2.75) is 12.3 Å². The molecule has 2 nitrogen and oxygen atoms in total. The van der Waals surface area contributed by atoms with E-state index in [-0.39, 0.29) is 11.1 Å². The molecule has 120 valence electrons. The van der Waals surface area contributed by atoms with Crippen LogP contribution in [0.4, 0.5) is 8.78 Å². The van der Waals surface area contributed by atoms with Gasteiger partial charge < -0.3 is 10.2 Å². The smallest absolute Gasteiger partial charge is 0.166 e. The second kappa shape index (κ2) is 5.42. The van der Waals surface area contributed by atoms with E-state index in [0.29, 0.717) is 21.2 Å². The van der Waals surface area contributed by atoms with Crippen molar-refractivity contribution in [1.29, 1.82) is 0 Å². The van der Waals surface area contributed by atoms with Crippen LogP contribution in [0.3, 0.4) is 0 Å². The summed E-state index contributed by atoms with van der Waals surface area (Å²) < 4.78 is 28.5. The largest absolute Gasteiger partial charge is 0.504 e. The summed E-state index contributed by atoms with van der Waals surface area (Å²) in [5.74, 6) is -1.38. The van der Waals surface area contributed by atoms with E-state index in [1.54, 1.807) is 48.5 Å². The first kappa shape index (κ1) is 14.8. The zero-order chi connectivity index (χ0) is 16.8. The van der Waals surface area contributed by atoms with Crippen LogP contribution in [0.1, 0.15) is 5.56 Å². The normalized spacial score (nSPS) is 19.9. The van der Waals surface area contributed by atoms with Crippen LogP contribution in [-0.4, -0.2) is 22.5 Å². The van der Waals surface area contributed by atoms with Crippen LogP contribution in [-0.2, 0) is 0 Å². The van der Waals surface area contributed by atoms with E-state index < -0.39 is 23.8 Å². The van der Waals surface area contributed by atoms with Crippen LogP contribution < -0.4 is 10.4 Å². The lowest BCUT2D eigenvalue weighted by atomic mass is 9.87. The Hall–Kier alpha value is -2.72. The second-order valence-electron chi connectivity index (χ2n) is 5.86. The standard InChI is InChI=1S/C20H14F2O2/c21-15-9-11-5-1-3-7-13(11)17(19(15)23)18-14-8-4-2-6-12(14)10-16(22)20(18)24/h1-10,15,19,23-24H. The molecular weight excluding hydrogens is 310 g/mol. The molecule has 2 unspecified atom stereocenters. The molecule has 0 saturated heterocycles. The summed E-state index contributed by atoms with van der Waals surface area (Å²) >= 11 is 0. The highest BCUT2D eigenvalue weighted by Crippen LogP contribution is 2.37. The van der Waals surface area contributed by atoms with Gasteiger partial charge in [0.05, 0.1) is 0 Å². The summed E-state index contributed by atoms with van der Waals surface area (Å²) in [5, 5.41) is 23.1. The monoisotopic (exact) mass is 324 g/mol. The van der Waals surface area contributed by atoms with Gasteiger partial charge in [-0.2, -0.15) is 0 Å². The van der Waals surface area contributed by atoms with Crippen molar-refractivity contribution in [2.24, 2.45) is 0 Å². The molecule has 0 amide bonds. The third-order valence-corrected chi connectivity index (χ3v) is 4.43. The first-order chi connectivity index (χ1) is 11.6. The predicted molar refractivity (Wildman–Crippen MR) is 89.1 cm³/mol. The lowest BCUT2D eigenvalue weighted by Crippen LogP contribution is -2.40. The molecule has 1 aliphatic carbocycles. The first-order valence-corrected chi connectivity index (χ1v) is 7.62. The molecule has 3 aromatic carbocycles. The van der Waals surface area contributed by atoms with Crippen LogP contribution in [0, 0.1) is 5.82 Å². The number of benzene rings is 3. The Bertz CT molecular complexity index is 1070. The molecular formula is C20H14F2O2. The van der Waals surface area contributed by atoms with E-state index >= 15 is 0 Å². The molecule has 4 rings (SSSR count). The summed E-state index contributed by atoms with van der Waals surface area (Å²) in [5.41, 5.74) is 0.343. The minimum atomic E-state index is -1.63. The number of hydrogen-bond donors (Lipinski definition) is 2. The van der Waals surface area contributed by atoms with E-state index in [0.717, 1.165) is 0 Å². The van der Waals surface area contributed by atoms with Crippen LogP contribution in [0.5, 0.6) is 5.75 Å². The van der Waals surface area contributed by atoms with Gasteiger partial charge in [0.15, 0.2) is 11.6 Å². The Labute approximate surface area is 136 Å². The summed E-state index contributed by atoms with van der Waals surface area (Å²) in [6.07, 6.45) is -1.77. The van der Waals surface area contributed by atoms with Crippen molar-refractivity contribution < 1.29 is 19.0 Å². The van der Waals surface area contributed by atoms with Crippen molar-refractivity contribution in [2.75, 3.05) is 0 Å². The summed E-state index contributed by atoms with van der Waals surface area (Å²) in [6.45, 7) is 0. The molecule has 2 N–H and O–H groups in total. The van der Waals surface area contributed by atoms with Crippen molar-refractivity contribution in [1.82, 2.24) is 0 Å². The number of phenols is 1. The summed E-state index contributed by atoms with van der Waals surface area (Å²) in [4.78, 5) is 0. The molecule has 1 aliphatic rings. The van der Waals surface area contributed by atoms with Crippen molar-refractivity contribution >= 4 is 22.4 Å². The molecule has 0 spiro atoms. The van der Waals surface area contributed by atoms with Gasteiger partial charge in [-0.1, -0.05) is 48.5 Å². The summed E-state index contributed by atoms with van der Waals surface area (Å²) in [7, 11) is 0. The lowest BCUT2D eigenvalue weighted by Gasteiger charge is -2.23. The van der Waals surface area contributed by atoms with E-state index in [1.165, 1.54) is 12.1 Å². The number of aliphatic hydroxyl groups is 1. The molecule has 0 aromatic heterocycles. The maximum absolute atomic E-state index is 14.3. The van der Waals surface area contributed by atoms with E-state index in [2.05, 4.69) is 0 Å². The van der Waals surface area contributed by atoms with Gasteiger partial charge in [0.2, 0.25) is 0 Å². The number of aliphatic hydroxyl groups excluding tert-OH is 1. The highest BCUT2D eigenvalue weighted by atomic mass is 19.1. The average Bonchev–Trinajstić information content (AvgIpc) is 2.58. The molecule has 0 aliphatic heterocycles. The maximum Gasteiger partial charge on any atom is 0.166 e. The molecule has 3 aromatic rings. The van der Waals surface area contributed by atoms with Crippen LogP contribution in [0.15, 0.2) is 54.6 Å². The Morgan fingerprint density at radius 2 is 1.67 bits per heavy atom. The topological polar surface area (TPSA) is 40.5 Å². The van der Waals surface area contributed by atoms with Gasteiger partial charge in [0, 0.05) is 11.1 Å². The molecule has 0 fully saturated rings. The van der Waals surface area contributed by atoms with Crippen LogP contribution >= 0.6 is 0 Å². The zero-order valence-electron chi connectivity index (χ0n) is 12.6. The van der Waals surface area contributed by atoms with Gasteiger partial charge >= 0.3 is 0 Å². The van der Waals surface area contributed by atoms with Crippen LogP contribution in [0.2, 0.25) is 0 Å². The highest BCUT2D eigenvalue weighted by molar-refractivity contribution is 5.97. The molecule has 0 radical (unpaired) electrons. The number of alkyl halides is 1. The van der Waals surface area contributed by atoms with Gasteiger partial charge in [-0.25, -0.2) is 8.78 Å². The average molecular weight is 324 g/mol.